The molecule has 2 rings (SSSR count). The molecule has 1 aromatic heterocycles. The lowest BCUT2D eigenvalue weighted by Gasteiger charge is -2.13. The number of carbonyl (C=O) groups is 1. The van der Waals surface area contributed by atoms with Crippen molar-refractivity contribution in [3.63, 3.8) is 0 Å². The zero-order valence-corrected chi connectivity index (χ0v) is 14.5. The van der Waals surface area contributed by atoms with Crippen LogP contribution in [-0.2, 0) is 14.8 Å². The van der Waals surface area contributed by atoms with Crippen LogP contribution in [0.2, 0.25) is 0 Å². The molecule has 0 spiro atoms. The van der Waals surface area contributed by atoms with Gasteiger partial charge in [-0.3, -0.25) is 9.82 Å². The van der Waals surface area contributed by atoms with E-state index in [0.29, 0.717) is 0 Å². The van der Waals surface area contributed by atoms with Gasteiger partial charge >= 0.3 is 12.6 Å². The molecule has 0 bridgehead atoms. The number of nitrogens with zero attached hydrogens (tertiary/aromatic N) is 1. The second-order valence-electron chi connectivity index (χ2n) is 4.68. The van der Waals surface area contributed by atoms with Crippen molar-refractivity contribution in [1.29, 1.82) is 0 Å². The van der Waals surface area contributed by atoms with Gasteiger partial charge in [0.05, 0.1) is 25.6 Å². The first kappa shape index (κ1) is 19.4. The molecule has 142 valence electrons. The van der Waals surface area contributed by atoms with Crippen molar-refractivity contribution in [2.45, 2.75) is 18.6 Å². The molecule has 1 heterocycles. The van der Waals surface area contributed by atoms with E-state index in [-0.39, 0.29) is 29.4 Å². The van der Waals surface area contributed by atoms with Crippen molar-refractivity contribution in [3.8, 4) is 11.5 Å². The van der Waals surface area contributed by atoms with Crippen LogP contribution < -0.4 is 14.2 Å². The predicted molar refractivity (Wildman–Crippen MR) is 85.0 cm³/mol. The number of methoxy groups -OCH3 is 1. The van der Waals surface area contributed by atoms with E-state index in [0.717, 1.165) is 12.3 Å². The molecular weight excluding hydrogens is 376 g/mol. The molecule has 0 aliphatic rings. The van der Waals surface area contributed by atoms with E-state index < -0.39 is 27.6 Å². The molecule has 0 aliphatic carbocycles. The number of halogens is 2. The summed E-state index contributed by atoms with van der Waals surface area (Å²) in [5, 5.41) is 5.20. The number of sulfonamides is 1. The molecule has 12 heteroatoms. The highest BCUT2D eigenvalue weighted by atomic mass is 32.2. The summed E-state index contributed by atoms with van der Waals surface area (Å²) in [6.07, 6.45) is 1.01. The Bertz CT molecular complexity index is 885. The minimum atomic E-state index is -4.28. The molecule has 0 fully saturated rings. The Morgan fingerprint density at radius 3 is 2.69 bits per heavy atom. The summed E-state index contributed by atoms with van der Waals surface area (Å²) in [5.74, 6) is -1.25. The van der Waals surface area contributed by atoms with Crippen LogP contribution in [0.1, 0.15) is 17.3 Å². The lowest BCUT2D eigenvalue weighted by Crippen LogP contribution is -2.18. The Morgan fingerprint density at radius 2 is 2.08 bits per heavy atom. The average Bonchev–Trinajstić information content (AvgIpc) is 3.05. The molecule has 0 atom stereocenters. The van der Waals surface area contributed by atoms with Crippen LogP contribution in [0.15, 0.2) is 29.4 Å². The molecule has 0 radical (unpaired) electrons. The van der Waals surface area contributed by atoms with Gasteiger partial charge in [0.15, 0.2) is 16.5 Å². The van der Waals surface area contributed by atoms with Crippen LogP contribution in [0, 0.1) is 0 Å². The molecule has 0 aliphatic heterocycles. The van der Waals surface area contributed by atoms with Crippen molar-refractivity contribution >= 4 is 21.7 Å². The van der Waals surface area contributed by atoms with Crippen molar-refractivity contribution in [1.82, 2.24) is 10.2 Å². The first-order chi connectivity index (χ1) is 12.3. The largest absolute Gasteiger partial charge is 0.493 e. The second-order valence-corrected chi connectivity index (χ2v) is 6.30. The zero-order valence-electron chi connectivity index (χ0n) is 13.7. The maximum Gasteiger partial charge on any atom is 0.387 e. The van der Waals surface area contributed by atoms with Crippen molar-refractivity contribution in [2.24, 2.45) is 0 Å². The van der Waals surface area contributed by atoms with E-state index in [2.05, 4.69) is 19.7 Å². The normalized spacial score (nSPS) is 11.3. The summed E-state index contributed by atoms with van der Waals surface area (Å²) in [6, 6.07) is 3.53. The standard InChI is InChI=1S/C14H15F2N3O6S/c1-3-24-13(20)9-7-17-18-12(9)26(21,22)19-8-4-5-10(23-2)11(6-8)25-14(15)16/h4-7,14,19H,3H2,1-2H3,(H,17,18). The summed E-state index contributed by atoms with van der Waals surface area (Å²) in [7, 11) is -3.04. The number of hydrogen-bond acceptors (Lipinski definition) is 7. The maximum absolute atomic E-state index is 12.5. The number of aromatic nitrogens is 2. The fraction of sp³-hybridized carbons (Fsp3) is 0.286. The van der Waals surface area contributed by atoms with Crippen LogP contribution in [0.4, 0.5) is 14.5 Å². The third kappa shape index (κ3) is 4.39. The van der Waals surface area contributed by atoms with Crippen molar-refractivity contribution in [3.05, 3.63) is 30.0 Å². The van der Waals surface area contributed by atoms with E-state index >= 15 is 0 Å². The Hall–Kier alpha value is -2.89. The van der Waals surface area contributed by atoms with Crippen LogP contribution >= 0.6 is 0 Å². The van der Waals surface area contributed by atoms with E-state index in [9.17, 15) is 22.0 Å². The summed E-state index contributed by atoms with van der Waals surface area (Å²) >= 11 is 0. The number of anilines is 1. The first-order valence-electron chi connectivity index (χ1n) is 7.14. The number of ether oxygens (including phenoxy) is 3. The van der Waals surface area contributed by atoms with Crippen LogP contribution in [0.3, 0.4) is 0 Å². The van der Waals surface area contributed by atoms with Gasteiger partial charge in [0.2, 0.25) is 0 Å². The van der Waals surface area contributed by atoms with Gasteiger partial charge in [0.25, 0.3) is 10.0 Å². The predicted octanol–water partition coefficient (Wildman–Crippen LogP) is 2.00. The molecule has 0 saturated heterocycles. The monoisotopic (exact) mass is 391 g/mol. The summed E-state index contributed by atoms with van der Waals surface area (Å²) in [6.45, 7) is -1.52. The molecule has 26 heavy (non-hydrogen) atoms. The number of benzene rings is 1. The third-order valence-corrected chi connectivity index (χ3v) is 4.35. The highest BCUT2D eigenvalue weighted by Gasteiger charge is 2.26. The molecule has 0 saturated carbocycles. The molecule has 2 N–H and O–H groups in total. The molecule has 0 amide bonds. The fourth-order valence-corrected chi connectivity index (χ4v) is 3.11. The zero-order chi connectivity index (χ0) is 19.3. The Balaban J connectivity index is 2.33. The minimum absolute atomic E-state index is 0.0120. The van der Waals surface area contributed by atoms with Crippen LogP contribution in [0.25, 0.3) is 0 Å². The number of alkyl halides is 2. The Labute approximate surface area is 147 Å². The van der Waals surface area contributed by atoms with Gasteiger partial charge < -0.3 is 14.2 Å². The lowest BCUT2D eigenvalue weighted by atomic mass is 10.3. The number of H-pyrrole nitrogens is 1. The molecule has 9 nitrogen and oxygen atoms in total. The SMILES string of the molecule is CCOC(=O)c1cn[nH]c1S(=O)(=O)Nc1ccc(OC)c(OC(F)F)c1. The highest BCUT2D eigenvalue weighted by Crippen LogP contribution is 2.32. The van der Waals surface area contributed by atoms with E-state index in [1.54, 1.807) is 6.92 Å². The number of rotatable bonds is 8. The van der Waals surface area contributed by atoms with E-state index in [1.165, 1.54) is 19.2 Å². The van der Waals surface area contributed by atoms with Gasteiger partial charge in [0.1, 0.15) is 5.56 Å². The number of carbonyl (C=O) groups excluding carboxylic acids is 1. The smallest absolute Gasteiger partial charge is 0.387 e. The Morgan fingerprint density at radius 1 is 1.35 bits per heavy atom. The molecular formula is C14H15F2N3O6S. The van der Waals surface area contributed by atoms with Gasteiger partial charge in [0, 0.05) is 6.07 Å². The summed E-state index contributed by atoms with van der Waals surface area (Å²) in [5.41, 5.74) is -0.386. The topological polar surface area (TPSA) is 120 Å². The fourth-order valence-electron chi connectivity index (χ4n) is 1.97. The van der Waals surface area contributed by atoms with Gasteiger partial charge in [-0.1, -0.05) is 0 Å². The quantitative estimate of drug-likeness (QED) is 0.661. The average molecular weight is 391 g/mol. The number of esters is 1. The van der Waals surface area contributed by atoms with Gasteiger partial charge in [-0.05, 0) is 19.1 Å². The minimum Gasteiger partial charge on any atom is -0.493 e. The summed E-state index contributed by atoms with van der Waals surface area (Å²) < 4.78 is 65.9. The van der Waals surface area contributed by atoms with Gasteiger partial charge in [-0.15, -0.1) is 0 Å². The first-order valence-corrected chi connectivity index (χ1v) is 8.63. The highest BCUT2D eigenvalue weighted by molar-refractivity contribution is 7.92. The van der Waals surface area contributed by atoms with Gasteiger partial charge in [-0.2, -0.15) is 22.3 Å². The second kappa shape index (κ2) is 7.99. The number of nitrogens with one attached hydrogen (secondary N) is 2. The number of hydrogen-bond donors (Lipinski definition) is 2. The maximum atomic E-state index is 12.5. The molecule has 1 aromatic carbocycles. The van der Waals surface area contributed by atoms with E-state index in [1.807, 2.05) is 0 Å². The number of aromatic amines is 1. The third-order valence-electron chi connectivity index (χ3n) is 3.00. The Kier molecular flexibility index (Phi) is 5.97. The van der Waals surface area contributed by atoms with Crippen molar-refractivity contribution < 1.29 is 36.2 Å². The summed E-state index contributed by atoms with van der Waals surface area (Å²) in [4.78, 5) is 11.8. The van der Waals surface area contributed by atoms with Gasteiger partial charge in [-0.25, -0.2) is 4.79 Å². The molecule has 0 unspecified atom stereocenters. The van der Waals surface area contributed by atoms with Crippen LogP contribution in [0.5, 0.6) is 11.5 Å². The van der Waals surface area contributed by atoms with E-state index in [4.69, 9.17) is 9.47 Å². The van der Waals surface area contributed by atoms with Crippen molar-refractivity contribution in [2.75, 3.05) is 18.4 Å². The van der Waals surface area contributed by atoms with Crippen LogP contribution in [-0.4, -0.2) is 44.9 Å². The molecule has 2 aromatic rings. The lowest BCUT2D eigenvalue weighted by molar-refractivity contribution is -0.0511.